The van der Waals surface area contributed by atoms with E-state index in [2.05, 4.69) is 46.5 Å². The molecule has 5 rings (SSSR count). The third-order valence-corrected chi connectivity index (χ3v) is 4.89. The number of amides is 2. The molecule has 0 radical (unpaired) electrons. The number of nitrogens with one attached hydrogen (secondary N) is 3. The van der Waals surface area contributed by atoms with Gasteiger partial charge in [-0.1, -0.05) is 0 Å². The largest absolute Gasteiger partial charge is 0.335 e. The molecule has 0 aliphatic rings. The highest BCUT2D eigenvalue weighted by Crippen LogP contribution is 2.30. The molecule has 32 heavy (non-hydrogen) atoms. The van der Waals surface area contributed by atoms with Crippen molar-refractivity contribution in [3.05, 3.63) is 48.7 Å². The molecule has 11 heteroatoms. The van der Waals surface area contributed by atoms with Gasteiger partial charge in [0.1, 0.15) is 17.3 Å². The molecule has 156 valence electrons. The van der Waals surface area contributed by atoms with Crippen molar-refractivity contribution < 1.29 is 4.79 Å². The number of aromatic nitrogens is 7. The first-order chi connectivity index (χ1) is 15.5. The Morgan fingerprint density at radius 1 is 1.09 bits per heavy atom. The average Bonchev–Trinajstić information content (AvgIpc) is 3.42. The summed E-state index contributed by atoms with van der Waals surface area (Å²) in [4.78, 5) is 33.9. The Morgan fingerprint density at radius 2 is 1.91 bits per heavy atom. The van der Waals surface area contributed by atoms with Gasteiger partial charge in [-0.2, -0.15) is 10.4 Å². The van der Waals surface area contributed by atoms with Crippen LogP contribution in [-0.4, -0.2) is 60.1 Å². The first kappa shape index (κ1) is 19.1. The van der Waals surface area contributed by atoms with Gasteiger partial charge in [-0.15, -0.1) is 0 Å². The van der Waals surface area contributed by atoms with Gasteiger partial charge in [-0.25, -0.2) is 14.8 Å². The molecule has 0 unspecified atom stereocenters. The van der Waals surface area contributed by atoms with Crippen molar-refractivity contribution in [2.45, 2.75) is 0 Å². The Labute approximate surface area is 181 Å². The molecule has 0 aliphatic heterocycles. The number of hydrogen-bond acceptors (Lipinski definition) is 7. The number of imidazole rings is 1. The van der Waals surface area contributed by atoms with Gasteiger partial charge in [0.25, 0.3) is 0 Å². The quantitative estimate of drug-likeness (QED) is 0.402. The van der Waals surface area contributed by atoms with Crippen molar-refractivity contribution in [1.82, 2.24) is 40.0 Å². The Balaban J connectivity index is 1.57. The number of carbonyl (C=O) groups excluding carboxylic acids is 1. The maximum Gasteiger partial charge on any atom is 0.321 e. The van der Waals surface area contributed by atoms with E-state index in [0.717, 1.165) is 16.5 Å². The van der Waals surface area contributed by atoms with E-state index in [1.165, 1.54) is 11.1 Å². The van der Waals surface area contributed by atoms with Crippen LogP contribution in [0.4, 0.5) is 10.5 Å². The maximum absolute atomic E-state index is 11.9. The number of pyridine rings is 3. The third-order valence-electron chi connectivity index (χ3n) is 4.89. The van der Waals surface area contributed by atoms with Crippen molar-refractivity contribution in [2.24, 2.45) is 0 Å². The van der Waals surface area contributed by atoms with Gasteiger partial charge in [-0.3, -0.25) is 15.1 Å². The van der Waals surface area contributed by atoms with E-state index in [1.54, 1.807) is 38.9 Å². The summed E-state index contributed by atoms with van der Waals surface area (Å²) in [5.74, 6) is 0.524. The van der Waals surface area contributed by atoms with E-state index in [1.807, 2.05) is 12.1 Å². The van der Waals surface area contributed by atoms with Gasteiger partial charge in [-0.05, 0) is 12.1 Å². The van der Waals surface area contributed by atoms with Crippen LogP contribution in [0.5, 0.6) is 0 Å². The molecule has 5 aromatic rings. The van der Waals surface area contributed by atoms with Gasteiger partial charge in [0.05, 0.1) is 34.5 Å². The first-order valence-corrected chi connectivity index (χ1v) is 9.55. The summed E-state index contributed by atoms with van der Waals surface area (Å²) < 4.78 is 0. The number of rotatable bonds is 3. The van der Waals surface area contributed by atoms with Crippen LogP contribution in [-0.2, 0) is 0 Å². The second kappa shape index (κ2) is 7.44. The van der Waals surface area contributed by atoms with E-state index in [9.17, 15) is 10.1 Å². The summed E-state index contributed by atoms with van der Waals surface area (Å²) in [5.41, 5.74) is 4.88. The summed E-state index contributed by atoms with van der Waals surface area (Å²) in [6.07, 6.45) is 8.06. The average molecular weight is 424 g/mol. The predicted octanol–water partition coefficient (Wildman–Crippen LogP) is 2.92. The monoisotopic (exact) mass is 424 g/mol. The molecule has 0 fully saturated rings. The molecule has 0 aliphatic carbocycles. The number of anilines is 1. The SMILES string of the molecule is CN(C)C(=O)Nc1cncc(-c2cnc3n[nH]c(-c4nc5c(C#N)cncc5[nH]4)c3c2)c1. The van der Waals surface area contributed by atoms with Crippen LogP contribution in [0.15, 0.2) is 43.1 Å². The molecule has 5 aromatic heterocycles. The summed E-state index contributed by atoms with van der Waals surface area (Å²) in [6, 6.07) is 5.60. The minimum atomic E-state index is -0.245. The second-order valence-corrected chi connectivity index (χ2v) is 7.26. The number of nitrogens with zero attached hydrogens (tertiary/aromatic N) is 7. The zero-order valence-electron chi connectivity index (χ0n) is 17.1. The summed E-state index contributed by atoms with van der Waals surface area (Å²) >= 11 is 0. The van der Waals surface area contributed by atoms with E-state index in [-0.39, 0.29) is 6.03 Å². The van der Waals surface area contributed by atoms with Crippen LogP contribution in [0.1, 0.15) is 5.56 Å². The Hall–Kier alpha value is -4.85. The van der Waals surface area contributed by atoms with Crippen LogP contribution in [0.3, 0.4) is 0 Å². The Kier molecular flexibility index (Phi) is 4.45. The van der Waals surface area contributed by atoms with Crippen molar-refractivity contribution in [1.29, 1.82) is 5.26 Å². The van der Waals surface area contributed by atoms with Gasteiger partial charge in [0, 0.05) is 43.8 Å². The number of carbonyl (C=O) groups is 1. The number of nitriles is 1. The van der Waals surface area contributed by atoms with Crippen molar-refractivity contribution >= 4 is 33.8 Å². The van der Waals surface area contributed by atoms with Crippen molar-refractivity contribution in [3.8, 4) is 28.7 Å². The predicted molar refractivity (Wildman–Crippen MR) is 117 cm³/mol. The molecule has 0 saturated carbocycles. The fraction of sp³-hybridized carbons (Fsp3) is 0.0952. The molecule has 0 aromatic carbocycles. The first-order valence-electron chi connectivity index (χ1n) is 9.55. The van der Waals surface area contributed by atoms with Crippen molar-refractivity contribution in [2.75, 3.05) is 19.4 Å². The highest BCUT2D eigenvalue weighted by molar-refractivity contribution is 5.94. The minimum absolute atomic E-state index is 0.245. The summed E-state index contributed by atoms with van der Waals surface area (Å²) in [6.45, 7) is 0. The zero-order valence-corrected chi connectivity index (χ0v) is 17.1. The number of aromatic amines is 2. The highest BCUT2D eigenvalue weighted by atomic mass is 16.2. The Bertz CT molecular complexity index is 1520. The molecule has 0 spiro atoms. The lowest BCUT2D eigenvalue weighted by atomic mass is 10.1. The molecular weight excluding hydrogens is 408 g/mol. The lowest BCUT2D eigenvalue weighted by Crippen LogP contribution is -2.27. The second-order valence-electron chi connectivity index (χ2n) is 7.26. The van der Waals surface area contributed by atoms with E-state index in [0.29, 0.717) is 39.4 Å². The van der Waals surface area contributed by atoms with Gasteiger partial charge in [0.15, 0.2) is 11.5 Å². The summed E-state index contributed by atoms with van der Waals surface area (Å²) in [5, 5.41) is 20.1. The summed E-state index contributed by atoms with van der Waals surface area (Å²) in [7, 11) is 3.33. The van der Waals surface area contributed by atoms with E-state index in [4.69, 9.17) is 0 Å². The Morgan fingerprint density at radius 3 is 2.72 bits per heavy atom. The molecule has 5 heterocycles. The van der Waals surface area contributed by atoms with Gasteiger partial charge < -0.3 is 15.2 Å². The number of hydrogen-bond donors (Lipinski definition) is 3. The molecule has 11 nitrogen and oxygen atoms in total. The van der Waals surface area contributed by atoms with E-state index < -0.39 is 0 Å². The molecule has 0 atom stereocenters. The molecule has 0 bridgehead atoms. The van der Waals surface area contributed by atoms with Crippen LogP contribution < -0.4 is 5.32 Å². The molecule has 0 saturated heterocycles. The van der Waals surface area contributed by atoms with Crippen LogP contribution >= 0.6 is 0 Å². The normalized spacial score (nSPS) is 10.9. The maximum atomic E-state index is 11.9. The smallest absolute Gasteiger partial charge is 0.321 e. The van der Waals surface area contributed by atoms with E-state index >= 15 is 0 Å². The van der Waals surface area contributed by atoms with Crippen LogP contribution in [0.2, 0.25) is 0 Å². The third kappa shape index (κ3) is 3.25. The fourth-order valence-electron chi connectivity index (χ4n) is 3.27. The molecule has 3 N–H and O–H groups in total. The van der Waals surface area contributed by atoms with Gasteiger partial charge >= 0.3 is 6.03 Å². The number of H-pyrrole nitrogens is 2. The van der Waals surface area contributed by atoms with Gasteiger partial charge in [0.2, 0.25) is 0 Å². The van der Waals surface area contributed by atoms with Crippen molar-refractivity contribution in [3.63, 3.8) is 0 Å². The van der Waals surface area contributed by atoms with Crippen LogP contribution in [0.25, 0.3) is 44.7 Å². The highest BCUT2D eigenvalue weighted by Gasteiger charge is 2.16. The molecular formula is C21H16N10O. The minimum Gasteiger partial charge on any atom is -0.335 e. The fourth-order valence-corrected chi connectivity index (χ4v) is 3.27. The van der Waals surface area contributed by atoms with Crippen LogP contribution in [0, 0.1) is 11.3 Å². The number of fused-ring (bicyclic) bond motifs is 2. The lowest BCUT2D eigenvalue weighted by Gasteiger charge is -2.12. The lowest BCUT2D eigenvalue weighted by molar-refractivity contribution is 0.230. The topological polar surface area (TPSA) is 152 Å². The zero-order chi connectivity index (χ0) is 22.2. The molecule has 2 amide bonds. The standard InChI is InChI=1S/C21H16N10O/c1-31(2)21(32)26-14-3-11(6-23-9-14)12-4-15-18(29-30-19(15)25-8-12)20-27-16-10-24-7-13(5-22)17(16)28-20/h3-4,6-10H,1-2H3,(H,26,32)(H,27,28)(H,25,29,30). The number of urea groups is 1.